The van der Waals surface area contributed by atoms with Crippen molar-refractivity contribution in [3.8, 4) is 5.75 Å². The van der Waals surface area contributed by atoms with Crippen LogP contribution in [-0.2, 0) is 11.2 Å². The van der Waals surface area contributed by atoms with Gasteiger partial charge in [-0.25, -0.2) is 0 Å². The largest absolute Gasteiger partial charge is 0.490 e. The Balaban J connectivity index is 1.60. The number of halogens is 1. The van der Waals surface area contributed by atoms with Gasteiger partial charge >= 0.3 is 0 Å². The molecular weight excluding hydrogens is 272 g/mol. The van der Waals surface area contributed by atoms with Gasteiger partial charge in [0.1, 0.15) is 11.9 Å². The molecule has 3 heteroatoms. The van der Waals surface area contributed by atoms with Crippen LogP contribution in [-0.4, -0.2) is 25.2 Å². The van der Waals surface area contributed by atoms with Gasteiger partial charge in [0.15, 0.2) is 0 Å². The van der Waals surface area contributed by atoms with Gasteiger partial charge < -0.3 is 9.47 Å². The van der Waals surface area contributed by atoms with Crippen molar-refractivity contribution in [3.63, 3.8) is 0 Å². The summed E-state index contributed by atoms with van der Waals surface area (Å²) in [4.78, 5) is 0. The number of methoxy groups -OCH3 is 1. The van der Waals surface area contributed by atoms with Gasteiger partial charge in [-0.3, -0.25) is 0 Å². The van der Waals surface area contributed by atoms with Crippen molar-refractivity contribution < 1.29 is 9.47 Å². The van der Waals surface area contributed by atoms with Gasteiger partial charge in [0.05, 0.1) is 6.61 Å². The van der Waals surface area contributed by atoms with E-state index in [1.807, 2.05) is 0 Å². The molecule has 1 aromatic rings. The average molecular weight is 295 g/mol. The Morgan fingerprint density at radius 3 is 2.50 bits per heavy atom. The van der Waals surface area contributed by atoms with E-state index in [9.17, 15) is 0 Å². The highest BCUT2D eigenvalue weighted by atomic mass is 35.5. The molecule has 2 nitrogen and oxygen atoms in total. The summed E-state index contributed by atoms with van der Waals surface area (Å²) >= 11 is 6.46. The van der Waals surface area contributed by atoms with Gasteiger partial charge in [0.25, 0.3) is 0 Å². The van der Waals surface area contributed by atoms with Crippen LogP contribution in [0.3, 0.4) is 0 Å². The van der Waals surface area contributed by atoms with Gasteiger partial charge in [0, 0.05) is 24.3 Å². The van der Waals surface area contributed by atoms with Crippen molar-refractivity contribution in [2.45, 2.75) is 50.0 Å². The summed E-state index contributed by atoms with van der Waals surface area (Å²) in [5.74, 6) is 0.978. The first-order chi connectivity index (χ1) is 9.74. The standard InChI is InChI=1S/C17H23ClO2/c1-19-11-8-13-4-6-14(7-5-13)20-16-12-15(18)17(16)9-2-3-10-17/h4-7,15-16H,2-3,8-12H2,1H3. The Bertz CT molecular complexity index is 437. The zero-order valence-electron chi connectivity index (χ0n) is 12.1. The average Bonchev–Trinajstić information content (AvgIpc) is 2.99. The Hall–Kier alpha value is -0.730. The monoisotopic (exact) mass is 294 g/mol. The summed E-state index contributed by atoms with van der Waals surface area (Å²) in [6, 6.07) is 8.42. The molecule has 0 heterocycles. The van der Waals surface area contributed by atoms with Crippen LogP contribution >= 0.6 is 11.6 Å². The smallest absolute Gasteiger partial charge is 0.119 e. The first-order valence-corrected chi connectivity index (χ1v) is 8.07. The van der Waals surface area contributed by atoms with Crippen LogP contribution in [0.25, 0.3) is 0 Å². The molecule has 2 fully saturated rings. The van der Waals surface area contributed by atoms with E-state index >= 15 is 0 Å². The molecule has 2 atom stereocenters. The molecule has 3 rings (SSSR count). The lowest BCUT2D eigenvalue weighted by atomic mass is 9.64. The molecule has 2 aliphatic rings. The molecule has 2 aliphatic carbocycles. The summed E-state index contributed by atoms with van der Waals surface area (Å²) in [5, 5.41) is 0.316. The van der Waals surface area contributed by atoms with Gasteiger partial charge in [-0.05, 0) is 37.0 Å². The van der Waals surface area contributed by atoms with Crippen LogP contribution < -0.4 is 4.74 Å². The van der Waals surface area contributed by atoms with Gasteiger partial charge in [-0.2, -0.15) is 0 Å². The van der Waals surface area contributed by atoms with Crippen molar-refractivity contribution in [1.29, 1.82) is 0 Å². The summed E-state index contributed by atoms with van der Waals surface area (Å²) in [6.07, 6.45) is 7.34. The third-order valence-electron chi connectivity index (χ3n) is 5.02. The molecule has 110 valence electrons. The van der Waals surface area contributed by atoms with Crippen LogP contribution in [0.4, 0.5) is 0 Å². The van der Waals surface area contributed by atoms with Crippen molar-refractivity contribution >= 4 is 11.6 Å². The lowest BCUT2D eigenvalue weighted by Gasteiger charge is -2.50. The maximum absolute atomic E-state index is 6.46. The minimum absolute atomic E-state index is 0.260. The molecule has 2 saturated carbocycles. The molecule has 0 bridgehead atoms. The van der Waals surface area contributed by atoms with E-state index in [1.54, 1.807) is 7.11 Å². The van der Waals surface area contributed by atoms with Crippen molar-refractivity contribution in [2.75, 3.05) is 13.7 Å². The van der Waals surface area contributed by atoms with Crippen molar-refractivity contribution in [1.82, 2.24) is 0 Å². The number of hydrogen-bond acceptors (Lipinski definition) is 2. The normalized spacial score (nSPS) is 27.5. The van der Waals surface area contributed by atoms with Gasteiger partial charge in [-0.1, -0.05) is 25.0 Å². The maximum atomic E-state index is 6.46. The number of ether oxygens (including phenoxy) is 2. The minimum Gasteiger partial charge on any atom is -0.490 e. The van der Waals surface area contributed by atoms with E-state index in [-0.39, 0.29) is 5.41 Å². The second-order valence-electron chi connectivity index (χ2n) is 6.14. The van der Waals surface area contributed by atoms with Crippen molar-refractivity contribution in [3.05, 3.63) is 29.8 Å². The van der Waals surface area contributed by atoms with Gasteiger partial charge in [-0.15, -0.1) is 11.6 Å². The molecule has 0 radical (unpaired) electrons. The van der Waals surface area contributed by atoms with Crippen LogP contribution in [0.2, 0.25) is 0 Å². The van der Waals surface area contributed by atoms with E-state index in [4.69, 9.17) is 21.1 Å². The fourth-order valence-corrected chi connectivity index (χ4v) is 4.17. The molecule has 0 aliphatic heterocycles. The second-order valence-corrected chi connectivity index (χ2v) is 6.66. The lowest BCUT2D eigenvalue weighted by molar-refractivity contribution is -0.0355. The summed E-state index contributed by atoms with van der Waals surface area (Å²) in [5.41, 5.74) is 1.55. The van der Waals surface area contributed by atoms with E-state index in [1.165, 1.54) is 31.2 Å². The molecular formula is C17H23ClO2. The summed E-state index contributed by atoms with van der Waals surface area (Å²) < 4.78 is 11.3. The van der Waals surface area contributed by atoms with E-state index in [0.29, 0.717) is 11.5 Å². The summed E-state index contributed by atoms with van der Waals surface area (Å²) in [6.45, 7) is 0.764. The van der Waals surface area contributed by atoms with Crippen LogP contribution in [0.15, 0.2) is 24.3 Å². The molecule has 0 saturated heterocycles. The third-order valence-corrected chi connectivity index (χ3v) is 5.63. The van der Waals surface area contributed by atoms with Crippen LogP contribution in [0, 0.1) is 5.41 Å². The highest BCUT2D eigenvalue weighted by Gasteiger charge is 2.56. The molecule has 0 amide bonds. The SMILES string of the molecule is COCCc1ccc(OC2CC(Cl)C23CCCC3)cc1. The highest BCUT2D eigenvalue weighted by Crippen LogP contribution is 2.57. The van der Waals surface area contributed by atoms with Crippen LogP contribution in [0.5, 0.6) is 5.75 Å². The maximum Gasteiger partial charge on any atom is 0.119 e. The lowest BCUT2D eigenvalue weighted by Crippen LogP contribution is -2.55. The Kier molecular flexibility index (Phi) is 4.23. The molecule has 0 aromatic heterocycles. The van der Waals surface area contributed by atoms with Crippen LogP contribution in [0.1, 0.15) is 37.7 Å². The van der Waals surface area contributed by atoms with Gasteiger partial charge in [0.2, 0.25) is 0 Å². The quantitative estimate of drug-likeness (QED) is 0.758. The predicted molar refractivity (Wildman–Crippen MR) is 81.6 cm³/mol. The fraction of sp³-hybridized carbons (Fsp3) is 0.647. The zero-order valence-corrected chi connectivity index (χ0v) is 12.9. The Labute approximate surface area is 126 Å². The number of hydrogen-bond donors (Lipinski definition) is 0. The molecule has 1 aromatic carbocycles. The first-order valence-electron chi connectivity index (χ1n) is 7.63. The molecule has 2 unspecified atom stereocenters. The predicted octanol–water partition coefficient (Wildman–Crippen LogP) is 4.19. The van der Waals surface area contributed by atoms with Crippen molar-refractivity contribution in [2.24, 2.45) is 5.41 Å². The fourth-order valence-electron chi connectivity index (χ4n) is 3.65. The molecule has 1 spiro atoms. The Morgan fingerprint density at radius 1 is 1.20 bits per heavy atom. The highest BCUT2D eigenvalue weighted by molar-refractivity contribution is 6.21. The minimum atomic E-state index is 0.260. The van der Waals surface area contributed by atoms with E-state index < -0.39 is 0 Å². The third kappa shape index (κ3) is 2.56. The van der Waals surface area contributed by atoms with E-state index in [0.717, 1.165) is 25.2 Å². The summed E-state index contributed by atoms with van der Waals surface area (Å²) in [7, 11) is 1.73. The number of benzene rings is 1. The zero-order chi connectivity index (χ0) is 14.0. The number of rotatable bonds is 5. The molecule has 20 heavy (non-hydrogen) atoms. The second kappa shape index (κ2) is 5.95. The topological polar surface area (TPSA) is 18.5 Å². The van der Waals surface area contributed by atoms with E-state index in [2.05, 4.69) is 24.3 Å². The number of alkyl halides is 1. The Morgan fingerprint density at radius 2 is 1.90 bits per heavy atom. The first kappa shape index (κ1) is 14.2. The molecule has 0 N–H and O–H groups in total.